The molecule has 2 aromatic rings. The van der Waals surface area contributed by atoms with E-state index in [1.165, 1.54) is 0 Å². The van der Waals surface area contributed by atoms with Crippen LogP contribution in [0.1, 0.15) is 35.7 Å². The van der Waals surface area contributed by atoms with E-state index in [0.29, 0.717) is 41.8 Å². The number of piperidine rings is 1. The standard InChI is InChI=1S/C22H29N5O3/c1-22(30-4)7-10-27(11-8-22)19-16-13-15(20(28)24-9-12-26(2)3)5-6-18(16)25-21(29)17(19)14-23/h5-6,13H,7-12H2,1-4H3,(H,24,28)(H,25,29). The van der Waals surface area contributed by atoms with Crippen molar-refractivity contribution in [1.82, 2.24) is 15.2 Å². The van der Waals surface area contributed by atoms with E-state index in [0.717, 1.165) is 19.4 Å². The van der Waals surface area contributed by atoms with Gasteiger partial charge in [0.1, 0.15) is 11.6 Å². The zero-order valence-corrected chi connectivity index (χ0v) is 18.0. The molecule has 1 amide bonds. The number of ether oxygens (including phenoxy) is 1. The first-order valence-electron chi connectivity index (χ1n) is 10.1. The average Bonchev–Trinajstić information content (AvgIpc) is 2.73. The molecular weight excluding hydrogens is 382 g/mol. The molecule has 2 N–H and O–H groups in total. The van der Waals surface area contributed by atoms with Crippen LogP contribution in [0.5, 0.6) is 0 Å². The molecule has 0 atom stereocenters. The molecule has 1 aliphatic heterocycles. The first-order chi connectivity index (χ1) is 14.3. The lowest BCUT2D eigenvalue weighted by molar-refractivity contribution is -0.0132. The summed E-state index contributed by atoms with van der Waals surface area (Å²) in [6.07, 6.45) is 1.57. The van der Waals surface area contributed by atoms with Crippen LogP contribution in [0.2, 0.25) is 0 Å². The average molecular weight is 412 g/mol. The van der Waals surface area contributed by atoms with Gasteiger partial charge in [0.05, 0.1) is 16.8 Å². The van der Waals surface area contributed by atoms with Gasteiger partial charge in [0, 0.05) is 44.2 Å². The Morgan fingerprint density at radius 2 is 2.07 bits per heavy atom. The van der Waals surface area contributed by atoms with Gasteiger partial charge in [-0.1, -0.05) is 0 Å². The maximum atomic E-state index is 12.6. The van der Waals surface area contributed by atoms with Gasteiger partial charge in [0.2, 0.25) is 0 Å². The largest absolute Gasteiger partial charge is 0.378 e. The maximum Gasteiger partial charge on any atom is 0.268 e. The SMILES string of the molecule is COC1(C)CCN(c2c(C#N)c(=O)[nH]c3ccc(C(=O)NCCN(C)C)cc23)CC1. The van der Waals surface area contributed by atoms with E-state index in [4.69, 9.17) is 4.74 Å². The van der Waals surface area contributed by atoms with E-state index in [1.807, 2.05) is 19.0 Å². The number of fused-ring (bicyclic) bond motifs is 1. The number of nitrogens with zero attached hydrogens (tertiary/aromatic N) is 3. The Morgan fingerprint density at radius 1 is 1.37 bits per heavy atom. The molecule has 1 aromatic heterocycles. The number of hydrogen-bond donors (Lipinski definition) is 2. The molecular formula is C22H29N5O3. The van der Waals surface area contributed by atoms with Crippen molar-refractivity contribution in [2.24, 2.45) is 0 Å². The van der Waals surface area contributed by atoms with E-state index in [-0.39, 0.29) is 17.1 Å². The Bertz CT molecular complexity index is 1030. The van der Waals surface area contributed by atoms with Crippen LogP contribution in [0.3, 0.4) is 0 Å². The van der Waals surface area contributed by atoms with E-state index in [2.05, 4.69) is 28.2 Å². The van der Waals surface area contributed by atoms with Crippen molar-refractivity contribution in [1.29, 1.82) is 5.26 Å². The molecule has 1 aliphatic rings. The number of pyridine rings is 1. The van der Waals surface area contributed by atoms with Crippen LogP contribution in [0.15, 0.2) is 23.0 Å². The van der Waals surface area contributed by atoms with Crippen LogP contribution in [0, 0.1) is 11.3 Å². The minimum atomic E-state index is -0.414. The number of rotatable bonds is 6. The van der Waals surface area contributed by atoms with Gasteiger partial charge >= 0.3 is 0 Å². The van der Waals surface area contributed by atoms with Crippen molar-refractivity contribution in [2.75, 3.05) is 52.3 Å². The third-order valence-electron chi connectivity index (χ3n) is 5.84. The Kier molecular flexibility index (Phi) is 6.44. The highest BCUT2D eigenvalue weighted by molar-refractivity contribution is 6.02. The van der Waals surface area contributed by atoms with Gasteiger partial charge in [-0.2, -0.15) is 5.26 Å². The molecule has 2 heterocycles. The fourth-order valence-corrected chi connectivity index (χ4v) is 3.75. The van der Waals surface area contributed by atoms with Gasteiger partial charge in [0.15, 0.2) is 0 Å². The molecule has 1 fully saturated rings. The summed E-state index contributed by atoms with van der Waals surface area (Å²) < 4.78 is 5.62. The lowest BCUT2D eigenvalue weighted by atomic mass is 9.92. The quantitative estimate of drug-likeness (QED) is 0.750. The summed E-state index contributed by atoms with van der Waals surface area (Å²) in [5.41, 5.74) is 1.16. The van der Waals surface area contributed by atoms with Crippen LogP contribution in [0.4, 0.5) is 5.69 Å². The smallest absolute Gasteiger partial charge is 0.268 e. The Balaban J connectivity index is 2.00. The summed E-state index contributed by atoms with van der Waals surface area (Å²) in [6, 6.07) is 7.24. The second-order valence-electron chi connectivity index (χ2n) is 8.25. The zero-order valence-electron chi connectivity index (χ0n) is 18.0. The fraction of sp³-hybridized carbons (Fsp3) is 0.500. The molecule has 0 radical (unpaired) electrons. The number of H-pyrrole nitrogens is 1. The number of methoxy groups -OCH3 is 1. The van der Waals surface area contributed by atoms with Gasteiger partial charge in [-0.3, -0.25) is 9.59 Å². The molecule has 8 nitrogen and oxygen atoms in total. The van der Waals surface area contributed by atoms with Crippen molar-refractivity contribution < 1.29 is 9.53 Å². The number of aromatic nitrogens is 1. The van der Waals surface area contributed by atoms with Crippen molar-refractivity contribution in [3.63, 3.8) is 0 Å². The fourth-order valence-electron chi connectivity index (χ4n) is 3.75. The summed E-state index contributed by atoms with van der Waals surface area (Å²) in [5.74, 6) is -0.181. The van der Waals surface area contributed by atoms with Crippen LogP contribution >= 0.6 is 0 Å². The number of nitrogens with one attached hydrogen (secondary N) is 2. The molecule has 0 unspecified atom stereocenters. The van der Waals surface area contributed by atoms with Gasteiger partial charge in [-0.05, 0) is 52.1 Å². The summed E-state index contributed by atoms with van der Waals surface area (Å²) in [6.45, 7) is 4.67. The Morgan fingerprint density at radius 3 is 2.67 bits per heavy atom. The number of carbonyl (C=O) groups is 1. The Labute approximate surface area is 176 Å². The van der Waals surface area contributed by atoms with Crippen LogP contribution in [-0.4, -0.2) is 68.8 Å². The number of likely N-dealkylation sites (N-methyl/N-ethyl adjacent to an activating group) is 1. The summed E-state index contributed by atoms with van der Waals surface area (Å²) in [4.78, 5) is 32.0. The van der Waals surface area contributed by atoms with E-state index in [9.17, 15) is 14.9 Å². The van der Waals surface area contributed by atoms with Gasteiger partial charge in [-0.15, -0.1) is 0 Å². The van der Waals surface area contributed by atoms with Crippen molar-refractivity contribution >= 4 is 22.5 Å². The first-order valence-corrected chi connectivity index (χ1v) is 10.1. The summed E-state index contributed by atoms with van der Waals surface area (Å²) >= 11 is 0. The van der Waals surface area contributed by atoms with E-state index in [1.54, 1.807) is 25.3 Å². The number of amides is 1. The number of carbonyl (C=O) groups excluding carboxylic acids is 1. The monoisotopic (exact) mass is 411 g/mol. The second-order valence-corrected chi connectivity index (χ2v) is 8.25. The summed E-state index contributed by atoms with van der Waals surface area (Å²) in [7, 11) is 5.60. The topological polar surface area (TPSA) is 101 Å². The third kappa shape index (κ3) is 4.48. The van der Waals surface area contributed by atoms with Crippen LogP contribution in [-0.2, 0) is 4.74 Å². The number of hydrogen-bond acceptors (Lipinski definition) is 6. The van der Waals surface area contributed by atoms with Crippen LogP contribution in [0.25, 0.3) is 10.9 Å². The highest BCUT2D eigenvalue weighted by atomic mass is 16.5. The molecule has 1 aromatic carbocycles. The van der Waals surface area contributed by atoms with Crippen molar-refractivity contribution in [3.05, 3.63) is 39.7 Å². The van der Waals surface area contributed by atoms with Crippen LogP contribution < -0.4 is 15.8 Å². The molecule has 3 rings (SSSR count). The normalized spacial score (nSPS) is 15.9. The number of anilines is 1. The minimum Gasteiger partial charge on any atom is -0.378 e. The lowest BCUT2D eigenvalue weighted by Crippen LogP contribution is -2.44. The predicted octanol–water partition coefficient (Wildman–Crippen LogP) is 1.70. The number of benzene rings is 1. The molecule has 0 bridgehead atoms. The predicted molar refractivity (Wildman–Crippen MR) is 117 cm³/mol. The van der Waals surface area contributed by atoms with Gasteiger partial charge < -0.3 is 24.8 Å². The third-order valence-corrected chi connectivity index (χ3v) is 5.84. The van der Waals surface area contributed by atoms with E-state index < -0.39 is 5.56 Å². The van der Waals surface area contributed by atoms with Crippen molar-refractivity contribution in [3.8, 4) is 6.07 Å². The molecule has 0 saturated carbocycles. The zero-order chi connectivity index (χ0) is 21.9. The second kappa shape index (κ2) is 8.86. The number of nitriles is 1. The van der Waals surface area contributed by atoms with Gasteiger partial charge in [0.25, 0.3) is 11.5 Å². The van der Waals surface area contributed by atoms with Gasteiger partial charge in [-0.25, -0.2) is 0 Å². The molecule has 1 saturated heterocycles. The minimum absolute atomic E-state index is 0.0775. The lowest BCUT2D eigenvalue weighted by Gasteiger charge is -2.40. The highest BCUT2D eigenvalue weighted by Crippen LogP contribution is 2.33. The first kappa shape index (κ1) is 21.8. The summed E-state index contributed by atoms with van der Waals surface area (Å²) in [5, 5.41) is 13.3. The Hall–Kier alpha value is -2.89. The molecule has 0 aliphatic carbocycles. The highest BCUT2D eigenvalue weighted by Gasteiger charge is 2.32. The molecule has 8 heteroatoms. The number of aromatic amines is 1. The molecule has 0 spiro atoms. The maximum absolute atomic E-state index is 12.6. The molecule has 160 valence electrons. The van der Waals surface area contributed by atoms with Crippen molar-refractivity contribution in [2.45, 2.75) is 25.4 Å². The molecule has 30 heavy (non-hydrogen) atoms. The van der Waals surface area contributed by atoms with E-state index >= 15 is 0 Å².